The molecule has 5 nitrogen and oxygen atoms in total. The Bertz CT molecular complexity index is 446. The van der Waals surface area contributed by atoms with Gasteiger partial charge in [-0.15, -0.1) is 0 Å². The number of rotatable bonds is 8. The zero-order chi connectivity index (χ0) is 15.7. The number of nitrogens with zero attached hydrogens (tertiary/aromatic N) is 2. The van der Waals surface area contributed by atoms with E-state index in [0.717, 1.165) is 12.1 Å². The summed E-state index contributed by atoms with van der Waals surface area (Å²) in [4.78, 5) is 27.5. The highest BCUT2D eigenvalue weighted by atomic mass is 16.2. The minimum atomic E-state index is -0.214. The Morgan fingerprint density at radius 1 is 1.14 bits per heavy atom. The number of carbonyl (C=O) groups excluding carboxylic acids is 2. The first-order valence-electron chi connectivity index (χ1n) is 7.26. The maximum atomic E-state index is 12.1. The smallest absolute Gasteiger partial charge is 0.232 e. The molecule has 1 aromatic rings. The second-order valence-electron chi connectivity index (χ2n) is 5.22. The second-order valence-corrected chi connectivity index (χ2v) is 5.22. The van der Waals surface area contributed by atoms with E-state index in [4.69, 9.17) is 0 Å². The van der Waals surface area contributed by atoms with Gasteiger partial charge in [0.05, 0.1) is 0 Å². The van der Waals surface area contributed by atoms with Crippen LogP contribution in [0.4, 0.5) is 0 Å². The van der Waals surface area contributed by atoms with Gasteiger partial charge in [-0.3, -0.25) is 9.59 Å². The van der Waals surface area contributed by atoms with Crippen LogP contribution in [0.2, 0.25) is 0 Å². The van der Waals surface area contributed by atoms with Crippen molar-refractivity contribution in [3.8, 4) is 0 Å². The van der Waals surface area contributed by atoms with E-state index in [0.29, 0.717) is 19.6 Å². The van der Waals surface area contributed by atoms with Crippen LogP contribution in [0.3, 0.4) is 0 Å². The monoisotopic (exact) mass is 291 g/mol. The lowest BCUT2D eigenvalue weighted by atomic mass is 10.2. The number of likely N-dealkylation sites (N-methyl/N-ethyl adjacent to an activating group) is 1. The van der Waals surface area contributed by atoms with Gasteiger partial charge >= 0.3 is 0 Å². The van der Waals surface area contributed by atoms with Gasteiger partial charge in [0.1, 0.15) is 6.42 Å². The van der Waals surface area contributed by atoms with Crippen molar-refractivity contribution in [3.63, 3.8) is 0 Å². The van der Waals surface area contributed by atoms with E-state index in [2.05, 4.69) is 5.32 Å². The molecule has 0 aromatic heterocycles. The molecule has 0 saturated carbocycles. The summed E-state index contributed by atoms with van der Waals surface area (Å²) in [6, 6.07) is 9.79. The lowest BCUT2D eigenvalue weighted by Crippen LogP contribution is -2.37. The molecule has 0 saturated heterocycles. The van der Waals surface area contributed by atoms with Gasteiger partial charge in [-0.25, -0.2) is 0 Å². The van der Waals surface area contributed by atoms with Crippen molar-refractivity contribution in [2.24, 2.45) is 0 Å². The number of carbonyl (C=O) groups is 2. The number of nitrogens with one attached hydrogen (secondary N) is 1. The molecule has 1 aromatic carbocycles. The molecular weight excluding hydrogens is 266 g/mol. The van der Waals surface area contributed by atoms with E-state index in [9.17, 15) is 9.59 Å². The van der Waals surface area contributed by atoms with Gasteiger partial charge in [0, 0.05) is 26.2 Å². The third kappa shape index (κ3) is 6.90. The van der Waals surface area contributed by atoms with Gasteiger partial charge in [-0.2, -0.15) is 0 Å². The van der Waals surface area contributed by atoms with Gasteiger partial charge in [-0.1, -0.05) is 30.3 Å². The number of benzene rings is 1. The van der Waals surface area contributed by atoms with E-state index in [1.54, 1.807) is 4.90 Å². The predicted octanol–water partition coefficient (Wildman–Crippen LogP) is 1.10. The predicted molar refractivity (Wildman–Crippen MR) is 83.7 cm³/mol. The molecule has 0 aliphatic carbocycles. The summed E-state index contributed by atoms with van der Waals surface area (Å²) in [5.74, 6) is -0.350. The quantitative estimate of drug-likeness (QED) is 0.730. The average molecular weight is 291 g/mol. The van der Waals surface area contributed by atoms with Gasteiger partial charge in [0.15, 0.2) is 0 Å². The lowest BCUT2D eigenvalue weighted by molar-refractivity contribution is -0.136. The molecule has 0 aliphatic heterocycles. The molecule has 0 bridgehead atoms. The molecule has 0 atom stereocenters. The molecule has 0 aliphatic rings. The van der Waals surface area contributed by atoms with Crippen molar-refractivity contribution in [2.75, 3.05) is 33.7 Å². The zero-order valence-electron chi connectivity index (χ0n) is 13.1. The summed E-state index contributed by atoms with van der Waals surface area (Å²) in [6.45, 7) is 4.38. The van der Waals surface area contributed by atoms with Crippen molar-refractivity contribution in [1.82, 2.24) is 15.1 Å². The summed E-state index contributed by atoms with van der Waals surface area (Å²) in [6.07, 6.45) is -0.0892. The lowest BCUT2D eigenvalue weighted by Gasteiger charge is -2.21. The zero-order valence-corrected chi connectivity index (χ0v) is 13.1. The molecule has 0 fully saturated rings. The van der Waals surface area contributed by atoms with Crippen molar-refractivity contribution < 1.29 is 9.59 Å². The fraction of sp³-hybridized carbons (Fsp3) is 0.500. The molecule has 5 heteroatoms. The fourth-order valence-corrected chi connectivity index (χ4v) is 1.91. The van der Waals surface area contributed by atoms with Crippen LogP contribution in [-0.2, 0) is 16.1 Å². The first kappa shape index (κ1) is 17.2. The Morgan fingerprint density at radius 3 is 2.38 bits per heavy atom. The molecule has 0 unspecified atom stereocenters. The molecule has 116 valence electrons. The summed E-state index contributed by atoms with van der Waals surface area (Å²) in [5.41, 5.74) is 1.07. The van der Waals surface area contributed by atoms with Crippen LogP contribution in [-0.4, -0.2) is 55.3 Å². The topological polar surface area (TPSA) is 52.7 Å². The first-order valence-corrected chi connectivity index (χ1v) is 7.26. The van der Waals surface area contributed by atoms with Crippen LogP contribution in [0, 0.1) is 0 Å². The Kier molecular flexibility index (Phi) is 7.46. The number of hydrogen-bond donors (Lipinski definition) is 1. The van der Waals surface area contributed by atoms with Crippen LogP contribution in [0.5, 0.6) is 0 Å². The van der Waals surface area contributed by atoms with E-state index < -0.39 is 0 Å². The second kappa shape index (κ2) is 9.13. The average Bonchev–Trinajstić information content (AvgIpc) is 2.45. The Balaban J connectivity index is 2.42. The third-order valence-corrected chi connectivity index (χ3v) is 3.14. The van der Waals surface area contributed by atoms with Gasteiger partial charge in [0.2, 0.25) is 11.8 Å². The molecule has 0 radical (unpaired) electrons. The van der Waals surface area contributed by atoms with E-state index in [-0.39, 0.29) is 18.2 Å². The normalized spacial score (nSPS) is 10.5. The first-order chi connectivity index (χ1) is 10.0. The molecule has 21 heavy (non-hydrogen) atoms. The van der Waals surface area contributed by atoms with Crippen LogP contribution < -0.4 is 5.32 Å². The van der Waals surface area contributed by atoms with Crippen LogP contribution in [0.25, 0.3) is 0 Å². The van der Waals surface area contributed by atoms with Crippen LogP contribution >= 0.6 is 0 Å². The van der Waals surface area contributed by atoms with Gasteiger partial charge < -0.3 is 15.1 Å². The molecule has 0 spiro atoms. The summed E-state index contributed by atoms with van der Waals surface area (Å²) >= 11 is 0. The van der Waals surface area contributed by atoms with Crippen molar-refractivity contribution in [1.29, 1.82) is 0 Å². The summed E-state index contributed by atoms with van der Waals surface area (Å²) in [5, 5.41) is 2.76. The molecule has 1 rings (SSSR count). The summed E-state index contributed by atoms with van der Waals surface area (Å²) < 4.78 is 0. The maximum absolute atomic E-state index is 12.1. The van der Waals surface area contributed by atoms with E-state index in [1.165, 1.54) is 0 Å². The van der Waals surface area contributed by atoms with E-state index in [1.807, 2.05) is 56.3 Å². The number of amides is 2. The Hall–Kier alpha value is -1.88. The molecule has 2 amide bonds. The van der Waals surface area contributed by atoms with Crippen molar-refractivity contribution in [3.05, 3.63) is 35.9 Å². The molecular formula is C16H25N3O2. The van der Waals surface area contributed by atoms with Crippen LogP contribution in [0.15, 0.2) is 30.3 Å². The Labute approximate surface area is 126 Å². The van der Waals surface area contributed by atoms with Crippen LogP contribution in [0.1, 0.15) is 18.9 Å². The third-order valence-electron chi connectivity index (χ3n) is 3.14. The SMILES string of the molecule is CCN(Cc1ccccc1)C(=O)CC(=O)NCCN(C)C. The Morgan fingerprint density at radius 2 is 1.81 bits per heavy atom. The molecule has 1 N–H and O–H groups in total. The van der Waals surface area contributed by atoms with Crippen molar-refractivity contribution >= 4 is 11.8 Å². The highest BCUT2D eigenvalue weighted by Crippen LogP contribution is 2.05. The fourth-order valence-electron chi connectivity index (χ4n) is 1.91. The molecule has 0 heterocycles. The maximum Gasteiger partial charge on any atom is 0.232 e. The number of hydrogen-bond acceptors (Lipinski definition) is 3. The minimum Gasteiger partial charge on any atom is -0.354 e. The minimum absolute atomic E-state index is 0.0892. The van der Waals surface area contributed by atoms with Gasteiger partial charge in [-0.05, 0) is 26.6 Å². The van der Waals surface area contributed by atoms with E-state index >= 15 is 0 Å². The highest BCUT2D eigenvalue weighted by Gasteiger charge is 2.15. The largest absolute Gasteiger partial charge is 0.354 e. The highest BCUT2D eigenvalue weighted by molar-refractivity contribution is 5.96. The van der Waals surface area contributed by atoms with Gasteiger partial charge in [0.25, 0.3) is 0 Å². The van der Waals surface area contributed by atoms with Crippen molar-refractivity contribution in [2.45, 2.75) is 19.9 Å². The standard InChI is InChI=1S/C16H25N3O2/c1-4-19(13-14-8-6-5-7-9-14)16(21)12-15(20)17-10-11-18(2)3/h5-9H,4,10-13H2,1-3H3,(H,17,20). The summed E-state index contributed by atoms with van der Waals surface area (Å²) in [7, 11) is 3.88.